The maximum atomic E-state index is 11.5. The van der Waals surface area contributed by atoms with Crippen molar-refractivity contribution in [2.24, 2.45) is 0 Å². The number of rotatable bonds is 3. The van der Waals surface area contributed by atoms with Crippen molar-refractivity contribution in [2.45, 2.75) is 16.7 Å². The standard InChI is InChI=1S/C12H12N2O7S2/c1-6(15)14-8-4-10-9(12(5-8)23(19,20)21)2-7(13)3-11(10)22(16,17)18/h2-5H,13H2,1H3,(H,14,15)(H,16,17,18)(H,19,20,21). The highest BCUT2D eigenvalue weighted by molar-refractivity contribution is 7.86. The molecule has 0 unspecified atom stereocenters. The molecule has 9 nitrogen and oxygen atoms in total. The second kappa shape index (κ2) is 5.45. The Balaban J connectivity index is 3.05. The van der Waals surface area contributed by atoms with Crippen LogP contribution in [0.1, 0.15) is 6.92 Å². The van der Waals surface area contributed by atoms with E-state index in [0.717, 1.165) is 31.2 Å². The SMILES string of the molecule is CC(=O)Nc1cc(S(=O)(=O)O)c2cc(N)cc(S(=O)(=O)O)c2c1. The molecule has 0 aliphatic rings. The van der Waals surface area contributed by atoms with Gasteiger partial charge in [-0.1, -0.05) is 0 Å². The number of carbonyl (C=O) groups excluding carboxylic acids is 1. The number of nitrogen functional groups attached to an aromatic ring is 1. The molecule has 0 saturated carbocycles. The zero-order chi connectivity index (χ0) is 17.6. The van der Waals surface area contributed by atoms with Crippen molar-refractivity contribution < 1.29 is 30.7 Å². The molecule has 124 valence electrons. The Labute approximate surface area is 131 Å². The first-order valence-corrected chi connectivity index (χ1v) is 8.87. The molecule has 0 aliphatic carbocycles. The summed E-state index contributed by atoms with van der Waals surface area (Å²) in [4.78, 5) is 9.83. The second-order valence-corrected chi connectivity index (χ2v) is 7.50. The number of amides is 1. The van der Waals surface area contributed by atoms with Gasteiger partial charge < -0.3 is 11.1 Å². The Morgan fingerprint density at radius 1 is 0.957 bits per heavy atom. The van der Waals surface area contributed by atoms with Gasteiger partial charge in [0.1, 0.15) is 9.79 Å². The summed E-state index contributed by atoms with van der Waals surface area (Å²) in [5, 5.41) is 1.85. The molecular weight excluding hydrogens is 348 g/mol. The fourth-order valence-electron chi connectivity index (χ4n) is 2.12. The smallest absolute Gasteiger partial charge is 0.295 e. The third-order valence-corrected chi connectivity index (χ3v) is 4.68. The van der Waals surface area contributed by atoms with Gasteiger partial charge in [0.05, 0.1) is 0 Å². The molecule has 2 aromatic carbocycles. The molecule has 0 fully saturated rings. The van der Waals surface area contributed by atoms with Gasteiger partial charge in [0.25, 0.3) is 20.2 Å². The maximum absolute atomic E-state index is 11.5. The quantitative estimate of drug-likeness (QED) is 0.462. The van der Waals surface area contributed by atoms with E-state index < -0.39 is 35.9 Å². The number of hydrogen-bond donors (Lipinski definition) is 4. The van der Waals surface area contributed by atoms with Crippen molar-refractivity contribution in [3.8, 4) is 0 Å². The summed E-state index contributed by atoms with van der Waals surface area (Å²) < 4.78 is 64.7. The van der Waals surface area contributed by atoms with E-state index in [1.54, 1.807) is 0 Å². The zero-order valence-electron chi connectivity index (χ0n) is 11.6. The molecule has 5 N–H and O–H groups in total. The van der Waals surface area contributed by atoms with Crippen molar-refractivity contribution in [3.05, 3.63) is 24.3 Å². The van der Waals surface area contributed by atoms with Crippen LogP contribution in [0, 0.1) is 0 Å². The Kier molecular flexibility index (Phi) is 4.07. The zero-order valence-corrected chi connectivity index (χ0v) is 13.3. The molecule has 11 heteroatoms. The molecule has 0 radical (unpaired) electrons. The Hall–Kier alpha value is -2.21. The average molecular weight is 360 g/mol. The molecule has 1 amide bonds. The van der Waals surface area contributed by atoms with Crippen molar-refractivity contribution in [1.82, 2.24) is 0 Å². The first-order chi connectivity index (χ1) is 10.4. The Bertz CT molecular complexity index is 1030. The molecule has 0 aromatic heterocycles. The average Bonchev–Trinajstić information content (AvgIpc) is 2.34. The van der Waals surface area contributed by atoms with Gasteiger partial charge in [-0.2, -0.15) is 16.8 Å². The first kappa shape index (κ1) is 17.1. The predicted molar refractivity (Wildman–Crippen MR) is 82.3 cm³/mol. The number of nitrogens with one attached hydrogen (secondary N) is 1. The summed E-state index contributed by atoms with van der Waals surface area (Å²) in [6, 6.07) is 4.16. The molecule has 0 heterocycles. The van der Waals surface area contributed by atoms with Crippen LogP contribution in [-0.2, 0) is 25.0 Å². The molecule has 2 aromatic rings. The van der Waals surface area contributed by atoms with Crippen LogP contribution in [0.3, 0.4) is 0 Å². The van der Waals surface area contributed by atoms with E-state index in [9.17, 15) is 30.7 Å². The number of hydrogen-bond acceptors (Lipinski definition) is 6. The van der Waals surface area contributed by atoms with E-state index >= 15 is 0 Å². The second-order valence-electron chi connectivity index (χ2n) is 4.72. The highest BCUT2D eigenvalue weighted by Gasteiger charge is 2.22. The van der Waals surface area contributed by atoms with Gasteiger partial charge in [-0.05, 0) is 24.3 Å². The van der Waals surface area contributed by atoms with Crippen LogP contribution in [0.2, 0.25) is 0 Å². The van der Waals surface area contributed by atoms with Crippen LogP contribution in [0.15, 0.2) is 34.1 Å². The van der Waals surface area contributed by atoms with Crippen molar-refractivity contribution >= 4 is 48.3 Å². The molecule has 0 bridgehead atoms. The minimum Gasteiger partial charge on any atom is -0.399 e. The summed E-state index contributed by atoms with van der Waals surface area (Å²) in [6.07, 6.45) is 0. The largest absolute Gasteiger partial charge is 0.399 e. The van der Waals surface area contributed by atoms with Crippen LogP contribution < -0.4 is 11.1 Å². The van der Waals surface area contributed by atoms with E-state index in [-0.39, 0.29) is 22.1 Å². The fourth-order valence-corrected chi connectivity index (χ4v) is 3.57. The highest BCUT2D eigenvalue weighted by atomic mass is 32.2. The predicted octanol–water partition coefficient (Wildman–Crippen LogP) is 0.874. The molecule has 0 saturated heterocycles. The third kappa shape index (κ3) is 3.59. The van der Waals surface area contributed by atoms with E-state index in [2.05, 4.69) is 5.32 Å². The molecule has 0 spiro atoms. The number of nitrogens with two attached hydrogens (primary N) is 1. The molecule has 23 heavy (non-hydrogen) atoms. The third-order valence-electron chi connectivity index (χ3n) is 2.89. The minimum absolute atomic E-state index is 0.0766. The fraction of sp³-hybridized carbons (Fsp3) is 0.0833. The lowest BCUT2D eigenvalue weighted by Crippen LogP contribution is -2.09. The normalized spacial score (nSPS) is 12.3. The summed E-state index contributed by atoms with van der Waals surface area (Å²) >= 11 is 0. The van der Waals surface area contributed by atoms with Crippen LogP contribution in [0.25, 0.3) is 10.8 Å². The van der Waals surface area contributed by atoms with Gasteiger partial charge in [-0.15, -0.1) is 0 Å². The van der Waals surface area contributed by atoms with Crippen molar-refractivity contribution in [3.63, 3.8) is 0 Å². The monoisotopic (exact) mass is 360 g/mol. The lowest BCUT2D eigenvalue weighted by Gasteiger charge is -2.12. The van der Waals surface area contributed by atoms with Gasteiger partial charge in [-0.3, -0.25) is 13.9 Å². The lowest BCUT2D eigenvalue weighted by molar-refractivity contribution is -0.114. The number of benzene rings is 2. The van der Waals surface area contributed by atoms with Gasteiger partial charge in [-0.25, -0.2) is 0 Å². The molecular formula is C12H12N2O7S2. The summed E-state index contributed by atoms with van der Waals surface area (Å²) in [7, 11) is -9.48. The van der Waals surface area contributed by atoms with Gasteiger partial charge in [0, 0.05) is 29.1 Å². The van der Waals surface area contributed by atoms with Crippen LogP contribution in [0.4, 0.5) is 11.4 Å². The van der Waals surface area contributed by atoms with E-state index in [0.29, 0.717) is 0 Å². The first-order valence-electron chi connectivity index (χ1n) is 5.99. The van der Waals surface area contributed by atoms with E-state index in [4.69, 9.17) is 5.73 Å². The van der Waals surface area contributed by atoms with E-state index in [1.807, 2.05) is 0 Å². The summed E-state index contributed by atoms with van der Waals surface area (Å²) in [5.41, 5.74) is 5.32. The van der Waals surface area contributed by atoms with Gasteiger partial charge in [0.15, 0.2) is 0 Å². The summed E-state index contributed by atoms with van der Waals surface area (Å²) in [6.45, 7) is 1.16. The topological polar surface area (TPSA) is 164 Å². The van der Waals surface area contributed by atoms with Crippen molar-refractivity contribution in [2.75, 3.05) is 11.1 Å². The molecule has 2 rings (SSSR count). The van der Waals surface area contributed by atoms with E-state index in [1.165, 1.54) is 0 Å². The summed E-state index contributed by atoms with van der Waals surface area (Å²) in [5.74, 6) is -0.547. The van der Waals surface area contributed by atoms with Gasteiger partial charge >= 0.3 is 0 Å². The number of fused-ring (bicyclic) bond motifs is 1. The number of anilines is 2. The minimum atomic E-state index is -4.75. The van der Waals surface area contributed by atoms with Crippen LogP contribution in [-0.4, -0.2) is 31.8 Å². The van der Waals surface area contributed by atoms with Crippen LogP contribution in [0.5, 0.6) is 0 Å². The highest BCUT2D eigenvalue weighted by Crippen LogP contribution is 2.33. The Morgan fingerprint density at radius 3 is 1.91 bits per heavy atom. The molecule has 0 aliphatic heterocycles. The maximum Gasteiger partial charge on any atom is 0.295 e. The Morgan fingerprint density at radius 2 is 1.43 bits per heavy atom. The van der Waals surface area contributed by atoms with Crippen LogP contribution >= 0.6 is 0 Å². The number of carbonyl (C=O) groups is 1. The molecule has 0 atom stereocenters. The van der Waals surface area contributed by atoms with Gasteiger partial charge in [0.2, 0.25) is 5.91 Å². The lowest BCUT2D eigenvalue weighted by atomic mass is 10.1. The van der Waals surface area contributed by atoms with Crippen molar-refractivity contribution in [1.29, 1.82) is 0 Å².